The minimum absolute atomic E-state index is 0.0894. The molecule has 0 aliphatic rings. The topological polar surface area (TPSA) is 76.7 Å². The molecule has 1 unspecified atom stereocenters. The first kappa shape index (κ1) is 21.9. The summed E-state index contributed by atoms with van der Waals surface area (Å²) in [6.45, 7) is 3.61. The van der Waals surface area contributed by atoms with Crippen LogP contribution in [0.25, 0.3) is 0 Å². The fourth-order valence-electron chi connectivity index (χ4n) is 2.09. The maximum atomic E-state index is 12.2. The van der Waals surface area contributed by atoms with Crippen LogP contribution < -0.4 is 15.4 Å². The number of amides is 1. The number of hydrogen-bond donors (Lipinski definition) is 2. The number of anilines is 1. The van der Waals surface area contributed by atoms with Crippen LogP contribution in [-0.2, 0) is 9.53 Å². The second kappa shape index (κ2) is 10.3. The number of hydrogen-bond acceptors (Lipinski definition) is 5. The van der Waals surface area contributed by atoms with Gasteiger partial charge in [-0.3, -0.25) is 10.1 Å². The van der Waals surface area contributed by atoms with Gasteiger partial charge in [-0.15, -0.1) is 0 Å². The molecule has 148 valence electrons. The fraction of sp³-hybridized carbons (Fsp3) is 0.211. The van der Waals surface area contributed by atoms with E-state index in [2.05, 4.69) is 10.6 Å². The van der Waals surface area contributed by atoms with Gasteiger partial charge in [0.25, 0.3) is 5.91 Å². The minimum atomic E-state index is -0.843. The SMILES string of the molecule is CCOC(=O)c1ccc(NC(=S)NC(=O)C(C)Oc2ccc(Cl)cc2Cl)cc1. The third-order valence-corrected chi connectivity index (χ3v) is 4.19. The molecule has 0 aliphatic heterocycles. The van der Waals surface area contributed by atoms with E-state index in [1.807, 2.05) is 0 Å². The summed E-state index contributed by atoms with van der Waals surface area (Å²) in [5.74, 6) is -0.523. The molecule has 0 aromatic heterocycles. The van der Waals surface area contributed by atoms with E-state index in [0.717, 1.165) is 0 Å². The van der Waals surface area contributed by atoms with Crippen LogP contribution in [0.3, 0.4) is 0 Å². The Morgan fingerprint density at radius 1 is 1.14 bits per heavy atom. The van der Waals surface area contributed by atoms with Gasteiger partial charge in [0, 0.05) is 10.7 Å². The summed E-state index contributed by atoms with van der Waals surface area (Å²) < 4.78 is 10.5. The van der Waals surface area contributed by atoms with Gasteiger partial charge in [0.05, 0.1) is 17.2 Å². The van der Waals surface area contributed by atoms with Crippen LogP contribution in [0.4, 0.5) is 5.69 Å². The Hall–Kier alpha value is -2.35. The molecule has 0 spiro atoms. The van der Waals surface area contributed by atoms with Crippen molar-refractivity contribution in [1.82, 2.24) is 5.32 Å². The molecule has 28 heavy (non-hydrogen) atoms. The van der Waals surface area contributed by atoms with E-state index in [-0.39, 0.29) is 5.11 Å². The number of ether oxygens (including phenoxy) is 2. The lowest BCUT2D eigenvalue weighted by Gasteiger charge is -2.16. The van der Waals surface area contributed by atoms with Crippen LogP contribution in [0.15, 0.2) is 42.5 Å². The quantitative estimate of drug-likeness (QED) is 0.510. The largest absolute Gasteiger partial charge is 0.479 e. The molecule has 0 bridgehead atoms. The van der Waals surface area contributed by atoms with E-state index in [1.54, 1.807) is 50.2 Å². The Balaban J connectivity index is 1.89. The van der Waals surface area contributed by atoms with E-state index in [4.69, 9.17) is 44.9 Å². The summed E-state index contributed by atoms with van der Waals surface area (Å²) in [5.41, 5.74) is 1.02. The molecule has 0 saturated heterocycles. The third-order valence-electron chi connectivity index (χ3n) is 3.46. The Morgan fingerprint density at radius 2 is 1.82 bits per heavy atom. The van der Waals surface area contributed by atoms with Crippen LogP contribution >= 0.6 is 35.4 Å². The van der Waals surface area contributed by atoms with Gasteiger partial charge in [0.2, 0.25) is 0 Å². The van der Waals surface area contributed by atoms with Crippen LogP contribution in [0.1, 0.15) is 24.2 Å². The molecule has 1 atom stereocenters. The first-order chi connectivity index (χ1) is 13.3. The Morgan fingerprint density at radius 3 is 2.43 bits per heavy atom. The lowest BCUT2D eigenvalue weighted by Crippen LogP contribution is -2.42. The molecule has 0 heterocycles. The van der Waals surface area contributed by atoms with Crippen molar-refractivity contribution in [3.63, 3.8) is 0 Å². The number of carbonyl (C=O) groups is 2. The summed E-state index contributed by atoms with van der Waals surface area (Å²) >= 11 is 17.0. The van der Waals surface area contributed by atoms with Gasteiger partial charge >= 0.3 is 5.97 Å². The molecular formula is C19H18Cl2N2O4S. The summed E-state index contributed by atoms with van der Waals surface area (Å²) in [7, 11) is 0. The zero-order valence-electron chi connectivity index (χ0n) is 15.1. The van der Waals surface area contributed by atoms with Gasteiger partial charge in [-0.05, 0) is 68.5 Å². The second-order valence-corrected chi connectivity index (χ2v) is 6.83. The predicted molar refractivity (Wildman–Crippen MR) is 113 cm³/mol. The van der Waals surface area contributed by atoms with Crippen molar-refractivity contribution in [1.29, 1.82) is 0 Å². The molecule has 2 aromatic rings. The summed E-state index contributed by atoms with van der Waals surface area (Å²) in [5, 5.41) is 6.25. The molecule has 9 heteroatoms. The molecule has 2 N–H and O–H groups in total. The van der Waals surface area contributed by atoms with Crippen LogP contribution in [0, 0.1) is 0 Å². The number of nitrogens with one attached hydrogen (secondary N) is 2. The zero-order chi connectivity index (χ0) is 20.7. The number of rotatable bonds is 6. The highest BCUT2D eigenvalue weighted by Gasteiger charge is 2.17. The Labute approximate surface area is 178 Å². The second-order valence-electron chi connectivity index (χ2n) is 5.58. The maximum Gasteiger partial charge on any atom is 0.338 e. The van der Waals surface area contributed by atoms with E-state index in [9.17, 15) is 9.59 Å². The lowest BCUT2D eigenvalue weighted by molar-refractivity contribution is -0.125. The third kappa shape index (κ3) is 6.37. The molecular weight excluding hydrogens is 423 g/mol. The van der Waals surface area contributed by atoms with Gasteiger partial charge < -0.3 is 14.8 Å². The lowest BCUT2D eigenvalue weighted by atomic mass is 10.2. The van der Waals surface area contributed by atoms with Crippen molar-refractivity contribution in [3.8, 4) is 5.75 Å². The molecule has 0 radical (unpaired) electrons. The standard InChI is InChI=1S/C19H18Cl2N2O4S/c1-3-26-18(25)12-4-7-14(8-5-12)22-19(28)23-17(24)11(2)27-16-9-6-13(20)10-15(16)21/h4-11H,3H2,1-2H3,(H2,22,23,24,28). The van der Waals surface area contributed by atoms with Gasteiger partial charge in [0.15, 0.2) is 11.2 Å². The zero-order valence-corrected chi connectivity index (χ0v) is 17.5. The van der Waals surface area contributed by atoms with Crippen molar-refractivity contribution >= 4 is 58.1 Å². The van der Waals surface area contributed by atoms with E-state index >= 15 is 0 Å². The molecule has 2 aromatic carbocycles. The maximum absolute atomic E-state index is 12.2. The van der Waals surface area contributed by atoms with Gasteiger partial charge in [0.1, 0.15) is 5.75 Å². The van der Waals surface area contributed by atoms with Gasteiger partial charge in [-0.2, -0.15) is 0 Å². The van der Waals surface area contributed by atoms with Crippen molar-refractivity contribution in [2.24, 2.45) is 0 Å². The molecule has 6 nitrogen and oxygen atoms in total. The number of benzene rings is 2. The average molecular weight is 441 g/mol. The van der Waals surface area contributed by atoms with Crippen LogP contribution in [-0.4, -0.2) is 29.7 Å². The number of esters is 1. The van der Waals surface area contributed by atoms with Gasteiger partial charge in [-0.1, -0.05) is 23.2 Å². The smallest absolute Gasteiger partial charge is 0.338 e. The van der Waals surface area contributed by atoms with Crippen LogP contribution in [0.2, 0.25) is 10.0 Å². The number of halogens is 2. The van der Waals surface area contributed by atoms with E-state index in [0.29, 0.717) is 33.7 Å². The molecule has 1 amide bonds. The molecule has 0 aliphatic carbocycles. The average Bonchev–Trinajstić information content (AvgIpc) is 2.64. The first-order valence-electron chi connectivity index (χ1n) is 8.31. The van der Waals surface area contributed by atoms with Gasteiger partial charge in [-0.25, -0.2) is 4.79 Å². The highest BCUT2D eigenvalue weighted by atomic mass is 35.5. The molecule has 0 fully saturated rings. The van der Waals surface area contributed by atoms with E-state index in [1.165, 1.54) is 6.07 Å². The fourth-order valence-corrected chi connectivity index (χ4v) is 2.77. The first-order valence-corrected chi connectivity index (χ1v) is 9.47. The van der Waals surface area contributed by atoms with Crippen molar-refractivity contribution in [2.45, 2.75) is 20.0 Å². The van der Waals surface area contributed by atoms with Crippen molar-refractivity contribution < 1.29 is 19.1 Å². The molecule has 0 saturated carbocycles. The molecule has 2 rings (SSSR count). The van der Waals surface area contributed by atoms with Crippen molar-refractivity contribution in [2.75, 3.05) is 11.9 Å². The number of thiocarbonyl (C=S) groups is 1. The summed E-state index contributed by atoms with van der Waals surface area (Å²) in [4.78, 5) is 23.9. The summed E-state index contributed by atoms with van der Waals surface area (Å²) in [6, 6.07) is 11.2. The Kier molecular flexibility index (Phi) is 8.04. The van der Waals surface area contributed by atoms with Crippen molar-refractivity contribution in [3.05, 3.63) is 58.1 Å². The van der Waals surface area contributed by atoms with E-state index < -0.39 is 18.0 Å². The highest BCUT2D eigenvalue weighted by Crippen LogP contribution is 2.28. The minimum Gasteiger partial charge on any atom is -0.479 e. The predicted octanol–water partition coefficient (Wildman–Crippen LogP) is 4.45. The Bertz CT molecular complexity index is 875. The summed E-state index contributed by atoms with van der Waals surface area (Å²) in [6.07, 6.45) is -0.843. The van der Waals surface area contributed by atoms with Crippen LogP contribution in [0.5, 0.6) is 5.75 Å². The normalized spacial score (nSPS) is 11.3. The number of carbonyl (C=O) groups excluding carboxylic acids is 2. The highest BCUT2D eigenvalue weighted by molar-refractivity contribution is 7.80. The monoisotopic (exact) mass is 440 g/mol.